The molecule has 0 radical (unpaired) electrons. The van der Waals surface area contributed by atoms with Crippen molar-refractivity contribution in [1.29, 1.82) is 0 Å². The van der Waals surface area contributed by atoms with Crippen LogP contribution in [-0.4, -0.2) is 37.1 Å². The molecule has 0 fully saturated rings. The molecule has 4 aromatic rings. The number of sulfonamides is 1. The topological polar surface area (TPSA) is 143 Å². The lowest BCUT2D eigenvalue weighted by Gasteiger charge is -2.22. The standard InChI is InChI=1S/C22H15N3O6S2/c1-12-6-8-13(9-7-12)32(27,28)25-16-10-17(33(29,30)31)21-19-18(16)22(26)15-5-3-2-4-14(15)20(19)23-11-24-21/h2-11,25H,1H3,(H,29,30,31). The van der Waals surface area contributed by atoms with E-state index in [0.717, 1.165) is 18.0 Å². The summed E-state index contributed by atoms with van der Waals surface area (Å²) in [7, 11) is -9.03. The van der Waals surface area contributed by atoms with E-state index >= 15 is 0 Å². The highest BCUT2D eigenvalue weighted by Crippen LogP contribution is 2.43. The summed E-state index contributed by atoms with van der Waals surface area (Å²) in [5, 5.41) is 0.0398. The summed E-state index contributed by atoms with van der Waals surface area (Å²) in [5.74, 6) is -0.526. The van der Waals surface area contributed by atoms with E-state index in [9.17, 15) is 26.2 Å². The zero-order chi connectivity index (χ0) is 23.5. The van der Waals surface area contributed by atoms with Gasteiger partial charge in [0.1, 0.15) is 11.2 Å². The zero-order valence-electron chi connectivity index (χ0n) is 17.0. The molecule has 0 bridgehead atoms. The zero-order valence-corrected chi connectivity index (χ0v) is 18.6. The van der Waals surface area contributed by atoms with Crippen LogP contribution in [-0.2, 0) is 20.1 Å². The van der Waals surface area contributed by atoms with Crippen LogP contribution in [0.2, 0.25) is 0 Å². The molecule has 1 aliphatic carbocycles. The van der Waals surface area contributed by atoms with Crippen molar-refractivity contribution in [2.45, 2.75) is 16.7 Å². The molecule has 166 valence electrons. The van der Waals surface area contributed by atoms with E-state index in [1.807, 2.05) is 0 Å². The molecule has 5 rings (SSSR count). The first-order valence-corrected chi connectivity index (χ1v) is 12.5. The number of carbonyl (C=O) groups is 1. The van der Waals surface area contributed by atoms with E-state index in [0.29, 0.717) is 5.56 Å². The van der Waals surface area contributed by atoms with E-state index in [1.165, 1.54) is 12.1 Å². The number of aryl methyl sites for hydroxylation is 1. The van der Waals surface area contributed by atoms with Gasteiger partial charge in [0.2, 0.25) is 0 Å². The van der Waals surface area contributed by atoms with Crippen LogP contribution in [0.1, 0.15) is 21.5 Å². The number of benzene rings is 3. The molecule has 0 spiro atoms. The van der Waals surface area contributed by atoms with Gasteiger partial charge in [-0.15, -0.1) is 0 Å². The van der Waals surface area contributed by atoms with Crippen LogP contribution in [0.3, 0.4) is 0 Å². The van der Waals surface area contributed by atoms with Crippen LogP contribution < -0.4 is 4.72 Å². The maximum absolute atomic E-state index is 13.4. The maximum atomic E-state index is 13.4. The van der Waals surface area contributed by atoms with Gasteiger partial charge < -0.3 is 0 Å². The molecular formula is C22H15N3O6S2. The predicted molar refractivity (Wildman–Crippen MR) is 120 cm³/mol. The number of fused-ring (bicyclic) bond motifs is 2. The quantitative estimate of drug-likeness (QED) is 0.373. The second-order valence-corrected chi connectivity index (χ2v) is 10.6. The summed E-state index contributed by atoms with van der Waals surface area (Å²) in [6.07, 6.45) is 1.12. The molecule has 9 nitrogen and oxygen atoms in total. The number of nitrogens with one attached hydrogen (secondary N) is 1. The second kappa shape index (κ2) is 7.17. The molecule has 3 aromatic carbocycles. The Kier molecular flexibility index (Phi) is 4.60. The smallest absolute Gasteiger partial charge is 0.288 e. The van der Waals surface area contributed by atoms with Crippen molar-refractivity contribution < 1.29 is 26.2 Å². The molecule has 2 N–H and O–H groups in total. The Morgan fingerprint density at radius 1 is 0.909 bits per heavy atom. The van der Waals surface area contributed by atoms with Crippen LogP contribution in [0, 0.1) is 6.92 Å². The van der Waals surface area contributed by atoms with Crippen LogP contribution >= 0.6 is 0 Å². The third kappa shape index (κ3) is 3.37. The predicted octanol–water partition coefficient (Wildman–Crippen LogP) is 3.20. The van der Waals surface area contributed by atoms with Crippen molar-refractivity contribution in [3.63, 3.8) is 0 Å². The fourth-order valence-corrected chi connectivity index (χ4v) is 5.60. The van der Waals surface area contributed by atoms with Gasteiger partial charge in [0.05, 0.1) is 27.4 Å². The van der Waals surface area contributed by atoms with Gasteiger partial charge in [0, 0.05) is 16.5 Å². The molecule has 0 saturated carbocycles. The van der Waals surface area contributed by atoms with E-state index in [2.05, 4.69) is 14.7 Å². The van der Waals surface area contributed by atoms with E-state index in [-0.39, 0.29) is 38.3 Å². The van der Waals surface area contributed by atoms with Crippen molar-refractivity contribution in [3.8, 4) is 11.3 Å². The minimum atomic E-state index is -4.83. The minimum absolute atomic E-state index is 0.0398. The molecule has 1 heterocycles. The van der Waals surface area contributed by atoms with Crippen molar-refractivity contribution in [1.82, 2.24) is 9.97 Å². The van der Waals surface area contributed by atoms with E-state index in [4.69, 9.17) is 0 Å². The Labute approximate surface area is 188 Å². The number of rotatable bonds is 4. The average molecular weight is 482 g/mol. The summed E-state index contributed by atoms with van der Waals surface area (Å²) in [6, 6.07) is 13.5. The van der Waals surface area contributed by atoms with Gasteiger partial charge in [0.25, 0.3) is 20.1 Å². The minimum Gasteiger partial charge on any atom is -0.288 e. The lowest BCUT2D eigenvalue weighted by Crippen LogP contribution is -2.20. The van der Waals surface area contributed by atoms with Crippen molar-refractivity contribution >= 4 is 42.5 Å². The highest BCUT2D eigenvalue weighted by molar-refractivity contribution is 7.92. The molecule has 0 atom stereocenters. The number of anilines is 1. The van der Waals surface area contributed by atoms with Crippen LogP contribution in [0.5, 0.6) is 0 Å². The number of carbonyl (C=O) groups excluding carboxylic acids is 1. The fraction of sp³-hybridized carbons (Fsp3) is 0.0455. The Morgan fingerprint density at radius 2 is 1.58 bits per heavy atom. The Hall–Kier alpha value is -3.67. The Morgan fingerprint density at radius 3 is 2.24 bits per heavy atom. The SMILES string of the molecule is Cc1ccc(S(=O)(=O)Nc2cc(S(=O)(=O)O)c3ncnc4c3c2C(=O)c2ccccc2-4)cc1. The van der Waals surface area contributed by atoms with Crippen LogP contribution in [0.25, 0.3) is 22.2 Å². The summed E-state index contributed by atoms with van der Waals surface area (Å²) in [5.41, 5.74) is 1.25. The first kappa shape index (κ1) is 21.2. The number of hydrogen-bond acceptors (Lipinski definition) is 7. The molecule has 1 aliphatic rings. The lowest BCUT2D eigenvalue weighted by atomic mass is 9.86. The fourth-order valence-electron chi connectivity index (χ4n) is 3.88. The van der Waals surface area contributed by atoms with Gasteiger partial charge in [-0.1, -0.05) is 42.0 Å². The average Bonchev–Trinajstić information content (AvgIpc) is 2.77. The maximum Gasteiger partial charge on any atom is 0.296 e. The number of aromatic nitrogens is 2. The van der Waals surface area contributed by atoms with Gasteiger partial charge in [0.15, 0.2) is 5.78 Å². The molecule has 33 heavy (non-hydrogen) atoms. The second-order valence-electron chi connectivity index (χ2n) is 7.51. The largest absolute Gasteiger partial charge is 0.296 e. The third-order valence-electron chi connectivity index (χ3n) is 5.38. The van der Waals surface area contributed by atoms with Gasteiger partial charge >= 0.3 is 0 Å². The summed E-state index contributed by atoms with van der Waals surface area (Å²) >= 11 is 0. The Bertz CT molecular complexity index is 1700. The third-order valence-corrected chi connectivity index (χ3v) is 7.63. The van der Waals surface area contributed by atoms with Crippen molar-refractivity contribution in [2.24, 2.45) is 0 Å². The van der Waals surface area contributed by atoms with Gasteiger partial charge in [-0.05, 0) is 25.1 Å². The lowest BCUT2D eigenvalue weighted by molar-refractivity contribution is 0.104. The Balaban J connectivity index is 1.85. The summed E-state index contributed by atoms with van der Waals surface area (Å²) in [4.78, 5) is 20.9. The van der Waals surface area contributed by atoms with Crippen LogP contribution in [0.15, 0.2) is 70.7 Å². The van der Waals surface area contributed by atoms with Crippen molar-refractivity contribution in [3.05, 3.63) is 77.6 Å². The molecule has 0 saturated heterocycles. The molecule has 11 heteroatoms. The summed E-state index contributed by atoms with van der Waals surface area (Å²) < 4.78 is 62.6. The van der Waals surface area contributed by atoms with E-state index in [1.54, 1.807) is 43.3 Å². The molecular weight excluding hydrogens is 466 g/mol. The van der Waals surface area contributed by atoms with Crippen LogP contribution in [0.4, 0.5) is 5.69 Å². The first-order valence-electron chi connectivity index (χ1n) is 9.61. The first-order chi connectivity index (χ1) is 15.6. The van der Waals surface area contributed by atoms with Gasteiger partial charge in [-0.2, -0.15) is 8.42 Å². The molecule has 0 aliphatic heterocycles. The summed E-state index contributed by atoms with van der Waals surface area (Å²) in [6.45, 7) is 1.80. The molecule has 0 amide bonds. The van der Waals surface area contributed by atoms with Gasteiger partial charge in [-0.25, -0.2) is 18.4 Å². The van der Waals surface area contributed by atoms with Gasteiger partial charge in [-0.3, -0.25) is 14.1 Å². The molecule has 0 unspecified atom stereocenters. The van der Waals surface area contributed by atoms with Crippen molar-refractivity contribution in [2.75, 3.05) is 4.72 Å². The monoisotopic (exact) mass is 481 g/mol. The molecule has 1 aromatic heterocycles. The number of ketones is 1. The van der Waals surface area contributed by atoms with E-state index < -0.39 is 30.8 Å². The number of nitrogens with zero attached hydrogens (tertiary/aromatic N) is 2. The highest BCUT2D eigenvalue weighted by atomic mass is 32.2. The number of hydrogen-bond donors (Lipinski definition) is 2. The normalized spacial score (nSPS) is 13.1. The highest BCUT2D eigenvalue weighted by Gasteiger charge is 2.33.